The molecule has 7 nitrogen and oxygen atoms in total. The van der Waals surface area contributed by atoms with E-state index in [-0.39, 0.29) is 17.3 Å². The molecule has 1 fully saturated rings. The van der Waals surface area contributed by atoms with E-state index in [0.29, 0.717) is 22.6 Å². The van der Waals surface area contributed by atoms with Crippen molar-refractivity contribution in [3.63, 3.8) is 0 Å². The third-order valence-corrected chi connectivity index (χ3v) is 6.87. The van der Waals surface area contributed by atoms with Gasteiger partial charge in [0.1, 0.15) is 23.7 Å². The molecule has 9 heteroatoms. The van der Waals surface area contributed by atoms with Crippen molar-refractivity contribution >= 4 is 40.9 Å². The van der Waals surface area contributed by atoms with Gasteiger partial charge >= 0.3 is 0 Å². The molecule has 1 aliphatic rings. The van der Waals surface area contributed by atoms with E-state index in [0.717, 1.165) is 22.6 Å². The number of benzene rings is 3. The maximum absolute atomic E-state index is 13.4. The van der Waals surface area contributed by atoms with Crippen molar-refractivity contribution in [1.29, 1.82) is 5.26 Å². The molecule has 2 amide bonds. The summed E-state index contributed by atoms with van der Waals surface area (Å²) in [7, 11) is 0. The lowest BCUT2D eigenvalue weighted by Crippen LogP contribution is -2.54. The molecule has 0 saturated carbocycles. The molecule has 4 aromatic rings. The van der Waals surface area contributed by atoms with Gasteiger partial charge in [-0.1, -0.05) is 18.2 Å². The molecule has 0 atom stereocenters. The molecular formula is C31H23FN4O3S. The number of rotatable bonds is 6. The Hall–Kier alpha value is -5.07. The van der Waals surface area contributed by atoms with E-state index in [9.17, 15) is 19.2 Å². The average Bonchev–Trinajstić information content (AvgIpc) is 3.23. The summed E-state index contributed by atoms with van der Waals surface area (Å²) in [6.07, 6.45) is 1.54. The molecule has 40 heavy (non-hydrogen) atoms. The first kappa shape index (κ1) is 26.5. The molecule has 1 N–H and O–H groups in total. The molecule has 0 radical (unpaired) electrons. The lowest BCUT2D eigenvalue weighted by Gasteiger charge is -2.28. The lowest BCUT2D eigenvalue weighted by atomic mass is 10.1. The minimum atomic E-state index is -0.599. The minimum Gasteiger partial charge on any atom is -0.489 e. The topological polar surface area (TPSA) is 87.4 Å². The molecule has 0 unspecified atom stereocenters. The van der Waals surface area contributed by atoms with Gasteiger partial charge in [-0.15, -0.1) is 0 Å². The number of thiocarbonyl (C=S) groups is 1. The summed E-state index contributed by atoms with van der Waals surface area (Å²) in [6.45, 7) is 4.11. The molecular weight excluding hydrogens is 527 g/mol. The van der Waals surface area contributed by atoms with Gasteiger partial charge in [-0.2, -0.15) is 5.26 Å². The maximum atomic E-state index is 13.4. The Kier molecular flexibility index (Phi) is 7.27. The quantitative estimate of drug-likeness (QED) is 0.194. The second kappa shape index (κ2) is 11.0. The normalized spacial score (nSPS) is 14.3. The number of hydrogen-bond acceptors (Lipinski definition) is 5. The summed E-state index contributed by atoms with van der Waals surface area (Å²) in [6, 6.07) is 24.2. The number of nitrogens with zero attached hydrogens (tertiary/aromatic N) is 3. The fourth-order valence-corrected chi connectivity index (χ4v) is 4.86. The van der Waals surface area contributed by atoms with Gasteiger partial charge in [0.25, 0.3) is 11.8 Å². The van der Waals surface area contributed by atoms with Crippen LogP contribution < -0.4 is 15.0 Å². The molecule has 3 aromatic carbocycles. The van der Waals surface area contributed by atoms with Gasteiger partial charge in [-0.25, -0.2) is 4.39 Å². The predicted octanol–water partition coefficient (Wildman–Crippen LogP) is 5.52. The van der Waals surface area contributed by atoms with Crippen LogP contribution in [0.25, 0.3) is 11.8 Å². The second-order valence-corrected chi connectivity index (χ2v) is 9.53. The minimum absolute atomic E-state index is 0.0670. The van der Waals surface area contributed by atoms with E-state index in [1.807, 2.05) is 66.9 Å². The average molecular weight is 551 g/mol. The third-order valence-electron chi connectivity index (χ3n) is 6.58. The molecule has 1 saturated heterocycles. The van der Waals surface area contributed by atoms with Crippen molar-refractivity contribution in [2.45, 2.75) is 20.5 Å². The number of hydrogen-bond donors (Lipinski definition) is 1. The summed E-state index contributed by atoms with van der Waals surface area (Å²) in [5, 5.41) is 11.8. The standard InChI is InChI=1S/C31H23FN4O3S/c1-19-15-23(16-28-29(37)34-31(40)36(30(28)38)26-9-7-24(32)8-10-26)20(2)35(19)25-11-13-27(14-12-25)39-18-22-6-4-3-5-21(22)17-33/h3-16H,18H2,1-2H3,(H,34,37,40). The van der Waals surface area contributed by atoms with Gasteiger partial charge in [0.2, 0.25) is 0 Å². The second-order valence-electron chi connectivity index (χ2n) is 9.15. The molecule has 1 aliphatic heterocycles. The highest BCUT2D eigenvalue weighted by Crippen LogP contribution is 2.27. The van der Waals surface area contributed by atoms with Crippen LogP contribution in [0, 0.1) is 31.0 Å². The van der Waals surface area contributed by atoms with Crippen LogP contribution in [-0.2, 0) is 16.2 Å². The first-order chi connectivity index (χ1) is 19.3. The van der Waals surface area contributed by atoms with E-state index >= 15 is 0 Å². The predicted molar refractivity (Wildman–Crippen MR) is 153 cm³/mol. The van der Waals surface area contributed by atoms with E-state index in [1.165, 1.54) is 29.2 Å². The molecule has 5 rings (SSSR count). The summed E-state index contributed by atoms with van der Waals surface area (Å²) in [5.41, 5.74) is 4.94. The SMILES string of the molecule is Cc1cc(C=C2C(=O)NC(=S)N(c3ccc(F)cc3)C2=O)c(C)n1-c1ccc(OCc2ccccc2C#N)cc1. The van der Waals surface area contributed by atoms with Crippen molar-refractivity contribution in [2.75, 3.05) is 4.90 Å². The monoisotopic (exact) mass is 550 g/mol. The molecule has 0 aliphatic carbocycles. The Morgan fingerprint density at radius 1 is 1.00 bits per heavy atom. The Labute approximate surface area is 235 Å². The number of carbonyl (C=O) groups excluding carboxylic acids is 2. The fourth-order valence-electron chi connectivity index (χ4n) is 4.58. The summed E-state index contributed by atoms with van der Waals surface area (Å²) in [5.74, 6) is -0.986. The number of anilines is 1. The van der Waals surface area contributed by atoms with Crippen molar-refractivity contribution in [1.82, 2.24) is 9.88 Å². The van der Waals surface area contributed by atoms with E-state index < -0.39 is 17.6 Å². The number of aryl methyl sites for hydroxylation is 1. The van der Waals surface area contributed by atoms with Crippen molar-refractivity contribution in [3.05, 3.63) is 118 Å². The van der Waals surface area contributed by atoms with Crippen LogP contribution in [0.2, 0.25) is 0 Å². The highest BCUT2D eigenvalue weighted by molar-refractivity contribution is 7.80. The van der Waals surface area contributed by atoms with Crippen molar-refractivity contribution in [3.8, 4) is 17.5 Å². The number of aromatic nitrogens is 1. The van der Waals surface area contributed by atoms with Gasteiger partial charge in [0.15, 0.2) is 5.11 Å². The van der Waals surface area contributed by atoms with Crippen LogP contribution in [0.5, 0.6) is 5.75 Å². The highest BCUT2D eigenvalue weighted by Gasteiger charge is 2.34. The van der Waals surface area contributed by atoms with Crippen LogP contribution in [0.15, 0.2) is 84.4 Å². The fraction of sp³-hybridized carbons (Fsp3) is 0.0968. The van der Waals surface area contributed by atoms with Gasteiger partial charge in [-0.3, -0.25) is 19.8 Å². The molecule has 198 valence electrons. The van der Waals surface area contributed by atoms with Gasteiger partial charge in [0.05, 0.1) is 17.3 Å². The summed E-state index contributed by atoms with van der Waals surface area (Å²) >= 11 is 5.22. The lowest BCUT2D eigenvalue weighted by molar-refractivity contribution is -0.122. The zero-order chi connectivity index (χ0) is 28.4. The summed E-state index contributed by atoms with van der Waals surface area (Å²) < 4.78 is 21.3. The zero-order valence-corrected chi connectivity index (χ0v) is 22.5. The van der Waals surface area contributed by atoms with Gasteiger partial charge in [0, 0.05) is 22.6 Å². The first-order valence-electron chi connectivity index (χ1n) is 12.3. The molecule has 0 bridgehead atoms. The van der Waals surface area contributed by atoms with Crippen LogP contribution in [0.4, 0.5) is 10.1 Å². The van der Waals surface area contributed by atoms with Gasteiger partial charge < -0.3 is 9.30 Å². The number of amides is 2. The van der Waals surface area contributed by atoms with Crippen molar-refractivity contribution in [2.24, 2.45) is 0 Å². The summed E-state index contributed by atoms with van der Waals surface area (Å²) in [4.78, 5) is 27.3. The van der Waals surface area contributed by atoms with Crippen LogP contribution >= 0.6 is 12.2 Å². The largest absolute Gasteiger partial charge is 0.489 e. The zero-order valence-electron chi connectivity index (χ0n) is 21.6. The maximum Gasteiger partial charge on any atom is 0.270 e. The number of nitrogens with one attached hydrogen (secondary N) is 1. The van der Waals surface area contributed by atoms with Crippen LogP contribution in [0.3, 0.4) is 0 Å². The van der Waals surface area contributed by atoms with Gasteiger partial charge in [-0.05, 0) is 98.4 Å². The van der Waals surface area contributed by atoms with Crippen molar-refractivity contribution < 1.29 is 18.7 Å². The third kappa shape index (κ3) is 5.13. The Balaban J connectivity index is 1.39. The number of carbonyl (C=O) groups is 2. The number of ether oxygens (including phenoxy) is 1. The Bertz CT molecular complexity index is 1720. The van der Waals surface area contributed by atoms with Crippen LogP contribution in [0.1, 0.15) is 28.1 Å². The van der Waals surface area contributed by atoms with E-state index in [2.05, 4.69) is 11.4 Å². The van der Waals surface area contributed by atoms with E-state index in [1.54, 1.807) is 12.1 Å². The number of nitriles is 1. The Morgan fingerprint density at radius 2 is 1.68 bits per heavy atom. The van der Waals surface area contributed by atoms with E-state index in [4.69, 9.17) is 17.0 Å². The molecule has 2 heterocycles. The Morgan fingerprint density at radius 3 is 2.38 bits per heavy atom. The smallest absolute Gasteiger partial charge is 0.270 e. The molecule has 1 aromatic heterocycles. The first-order valence-corrected chi connectivity index (χ1v) is 12.7. The number of halogens is 1. The molecule has 0 spiro atoms. The highest BCUT2D eigenvalue weighted by atomic mass is 32.1. The van der Waals surface area contributed by atoms with Crippen LogP contribution in [-0.4, -0.2) is 21.5 Å².